The van der Waals surface area contributed by atoms with Crippen LogP contribution in [0.4, 0.5) is 10.6 Å². The van der Waals surface area contributed by atoms with Crippen molar-refractivity contribution in [2.75, 3.05) is 11.9 Å². The molecular formula is C11H19N3O2. The predicted molar refractivity (Wildman–Crippen MR) is 62.5 cm³/mol. The maximum absolute atomic E-state index is 11.3. The molecule has 0 unspecified atom stereocenters. The second-order valence-electron chi connectivity index (χ2n) is 4.48. The number of aromatic nitrogens is 2. The lowest BCUT2D eigenvalue weighted by atomic mass is 10.1. The summed E-state index contributed by atoms with van der Waals surface area (Å²) in [7, 11) is 0. The van der Waals surface area contributed by atoms with E-state index in [1.165, 1.54) is 0 Å². The van der Waals surface area contributed by atoms with Crippen LogP contribution in [0.2, 0.25) is 0 Å². The quantitative estimate of drug-likeness (QED) is 0.827. The van der Waals surface area contributed by atoms with Gasteiger partial charge in [-0.05, 0) is 11.8 Å². The fourth-order valence-electron chi connectivity index (χ4n) is 1.08. The Morgan fingerprint density at radius 2 is 2.19 bits per heavy atom. The molecule has 2 N–H and O–H groups in total. The Bertz CT molecular complexity index is 345. The van der Waals surface area contributed by atoms with E-state index in [-0.39, 0.29) is 0 Å². The Hall–Kier alpha value is -1.52. The molecule has 0 atom stereocenters. The largest absolute Gasteiger partial charge is 0.449 e. The van der Waals surface area contributed by atoms with E-state index in [2.05, 4.69) is 15.5 Å². The molecule has 0 aromatic carbocycles. The number of carbonyl (C=O) groups is 1. The molecule has 0 fully saturated rings. The molecule has 0 aliphatic rings. The summed E-state index contributed by atoms with van der Waals surface area (Å²) in [6.45, 7) is 8.48. The van der Waals surface area contributed by atoms with Gasteiger partial charge in [-0.2, -0.15) is 5.10 Å². The third kappa shape index (κ3) is 3.92. The van der Waals surface area contributed by atoms with Gasteiger partial charge in [-0.25, -0.2) is 4.79 Å². The van der Waals surface area contributed by atoms with Crippen molar-refractivity contribution in [2.45, 2.75) is 33.6 Å². The summed E-state index contributed by atoms with van der Waals surface area (Å²) in [4.78, 5) is 11.3. The summed E-state index contributed by atoms with van der Waals surface area (Å²) in [5.74, 6) is 1.18. The van der Waals surface area contributed by atoms with E-state index in [1.54, 1.807) is 6.07 Å². The first-order chi connectivity index (χ1) is 7.49. The molecule has 90 valence electrons. The lowest BCUT2D eigenvalue weighted by Crippen LogP contribution is -2.16. The second-order valence-corrected chi connectivity index (χ2v) is 4.48. The van der Waals surface area contributed by atoms with Crippen LogP contribution in [0.3, 0.4) is 0 Å². The zero-order chi connectivity index (χ0) is 12.1. The van der Waals surface area contributed by atoms with Crippen LogP contribution in [0.15, 0.2) is 6.07 Å². The number of rotatable bonds is 4. The fourth-order valence-corrected chi connectivity index (χ4v) is 1.08. The minimum absolute atomic E-state index is 0.330. The van der Waals surface area contributed by atoms with E-state index >= 15 is 0 Å². The van der Waals surface area contributed by atoms with Crippen LogP contribution in [-0.4, -0.2) is 22.9 Å². The second kappa shape index (κ2) is 5.53. The van der Waals surface area contributed by atoms with E-state index in [0.717, 1.165) is 5.69 Å². The number of anilines is 1. The van der Waals surface area contributed by atoms with Crippen LogP contribution in [0.1, 0.15) is 39.3 Å². The van der Waals surface area contributed by atoms with Crippen molar-refractivity contribution in [3.63, 3.8) is 0 Å². The summed E-state index contributed by atoms with van der Waals surface area (Å²) in [6.07, 6.45) is -0.462. The van der Waals surface area contributed by atoms with Crippen LogP contribution in [0.25, 0.3) is 0 Å². The fraction of sp³-hybridized carbons (Fsp3) is 0.636. The highest BCUT2D eigenvalue weighted by molar-refractivity contribution is 5.83. The van der Waals surface area contributed by atoms with Gasteiger partial charge >= 0.3 is 6.09 Å². The molecule has 0 saturated carbocycles. The standard InChI is InChI=1S/C11H19N3O2/c1-7(2)6-16-11(15)12-10-5-9(8(3)4)13-14-10/h5,7-8H,6H2,1-4H3,(H2,12,13,14,15). The third-order valence-corrected chi connectivity index (χ3v) is 2.00. The molecular weight excluding hydrogens is 206 g/mol. The van der Waals surface area contributed by atoms with Crippen molar-refractivity contribution < 1.29 is 9.53 Å². The number of nitrogens with one attached hydrogen (secondary N) is 2. The van der Waals surface area contributed by atoms with Crippen molar-refractivity contribution in [1.82, 2.24) is 10.2 Å². The van der Waals surface area contributed by atoms with Gasteiger partial charge in [0.15, 0.2) is 5.82 Å². The molecule has 1 aromatic heterocycles. The predicted octanol–water partition coefficient (Wildman–Crippen LogP) is 2.74. The molecule has 1 amide bonds. The average Bonchev–Trinajstić information content (AvgIpc) is 2.63. The van der Waals surface area contributed by atoms with Crippen LogP contribution < -0.4 is 5.32 Å². The van der Waals surface area contributed by atoms with Crippen molar-refractivity contribution in [2.24, 2.45) is 5.92 Å². The van der Waals surface area contributed by atoms with Crippen LogP contribution in [0.5, 0.6) is 0 Å². The molecule has 16 heavy (non-hydrogen) atoms. The summed E-state index contributed by atoms with van der Waals surface area (Å²) in [5, 5.41) is 9.39. The first kappa shape index (κ1) is 12.5. The Morgan fingerprint density at radius 1 is 1.50 bits per heavy atom. The highest BCUT2D eigenvalue weighted by Crippen LogP contribution is 2.14. The molecule has 0 aliphatic heterocycles. The topological polar surface area (TPSA) is 67.0 Å². The molecule has 1 heterocycles. The van der Waals surface area contributed by atoms with Crippen LogP contribution in [0, 0.1) is 5.92 Å². The summed E-state index contributed by atoms with van der Waals surface area (Å²) in [5.41, 5.74) is 0.985. The Balaban J connectivity index is 2.43. The van der Waals surface area contributed by atoms with E-state index in [1.807, 2.05) is 27.7 Å². The number of hydrogen-bond acceptors (Lipinski definition) is 3. The van der Waals surface area contributed by atoms with Crippen LogP contribution in [-0.2, 0) is 4.74 Å². The van der Waals surface area contributed by atoms with Gasteiger partial charge in [-0.3, -0.25) is 10.4 Å². The minimum atomic E-state index is -0.462. The molecule has 0 saturated heterocycles. The number of carbonyl (C=O) groups excluding carboxylic acids is 1. The average molecular weight is 225 g/mol. The molecule has 5 heteroatoms. The van der Waals surface area contributed by atoms with Crippen molar-refractivity contribution >= 4 is 11.9 Å². The number of H-pyrrole nitrogens is 1. The first-order valence-corrected chi connectivity index (χ1v) is 5.48. The summed E-state index contributed by atoms with van der Waals surface area (Å²) < 4.78 is 4.97. The molecule has 0 radical (unpaired) electrons. The molecule has 0 bridgehead atoms. The molecule has 5 nitrogen and oxygen atoms in total. The minimum Gasteiger partial charge on any atom is -0.449 e. The van der Waals surface area contributed by atoms with Gasteiger partial charge < -0.3 is 4.74 Å². The summed E-state index contributed by atoms with van der Waals surface area (Å²) in [6, 6.07) is 1.81. The van der Waals surface area contributed by atoms with Gasteiger partial charge in [-0.15, -0.1) is 0 Å². The Kier molecular flexibility index (Phi) is 4.34. The first-order valence-electron chi connectivity index (χ1n) is 5.48. The smallest absolute Gasteiger partial charge is 0.412 e. The number of nitrogens with zero attached hydrogens (tertiary/aromatic N) is 1. The van der Waals surface area contributed by atoms with Gasteiger partial charge in [0.25, 0.3) is 0 Å². The molecule has 0 aliphatic carbocycles. The normalized spacial score (nSPS) is 10.9. The van der Waals surface area contributed by atoms with Crippen molar-refractivity contribution in [1.29, 1.82) is 0 Å². The van der Waals surface area contributed by atoms with Crippen molar-refractivity contribution in [3.05, 3.63) is 11.8 Å². The highest BCUT2D eigenvalue weighted by atomic mass is 16.5. The monoisotopic (exact) mass is 225 g/mol. The number of amides is 1. The number of ether oxygens (including phenoxy) is 1. The van der Waals surface area contributed by atoms with Gasteiger partial charge in [0, 0.05) is 11.8 Å². The molecule has 1 aromatic rings. The summed E-state index contributed by atoms with van der Waals surface area (Å²) >= 11 is 0. The zero-order valence-corrected chi connectivity index (χ0v) is 10.2. The highest BCUT2D eigenvalue weighted by Gasteiger charge is 2.09. The lowest BCUT2D eigenvalue weighted by Gasteiger charge is -2.06. The Morgan fingerprint density at radius 3 is 2.69 bits per heavy atom. The van der Waals surface area contributed by atoms with Gasteiger partial charge in [0.05, 0.1) is 6.61 Å². The maximum Gasteiger partial charge on any atom is 0.412 e. The molecule has 1 rings (SSSR count). The number of hydrogen-bond donors (Lipinski definition) is 2. The van der Waals surface area contributed by atoms with Gasteiger partial charge in [0.2, 0.25) is 0 Å². The third-order valence-electron chi connectivity index (χ3n) is 2.00. The maximum atomic E-state index is 11.3. The van der Waals surface area contributed by atoms with Gasteiger partial charge in [0.1, 0.15) is 0 Å². The van der Waals surface area contributed by atoms with Crippen molar-refractivity contribution in [3.8, 4) is 0 Å². The van der Waals surface area contributed by atoms with E-state index < -0.39 is 6.09 Å². The Labute approximate surface area is 95.6 Å². The lowest BCUT2D eigenvalue weighted by molar-refractivity contribution is 0.147. The number of aromatic amines is 1. The zero-order valence-electron chi connectivity index (χ0n) is 10.2. The van der Waals surface area contributed by atoms with E-state index in [9.17, 15) is 4.79 Å². The van der Waals surface area contributed by atoms with Gasteiger partial charge in [-0.1, -0.05) is 27.7 Å². The van der Waals surface area contributed by atoms with E-state index in [0.29, 0.717) is 24.3 Å². The SMILES string of the molecule is CC(C)COC(=O)Nc1cc(C(C)C)[nH]n1. The molecule has 0 spiro atoms. The van der Waals surface area contributed by atoms with Crippen LogP contribution >= 0.6 is 0 Å². The van der Waals surface area contributed by atoms with E-state index in [4.69, 9.17) is 4.74 Å².